The maximum absolute atomic E-state index is 12.4. The summed E-state index contributed by atoms with van der Waals surface area (Å²) in [5.41, 5.74) is 0.978. The van der Waals surface area contributed by atoms with Crippen LogP contribution in [-0.2, 0) is 31.9 Å². The molecule has 2 heterocycles. The summed E-state index contributed by atoms with van der Waals surface area (Å²) in [5.74, 6) is 0.807. The highest BCUT2D eigenvalue weighted by Crippen LogP contribution is 2.04. The Kier molecular flexibility index (Phi) is 5.54. The SMILES string of the molecule is COCCN(Cc1cnn(C)c1)C(=O)NCc1nccn1C. The van der Waals surface area contributed by atoms with Gasteiger partial charge in [0, 0.05) is 51.9 Å². The Balaban J connectivity index is 1.94. The maximum atomic E-state index is 12.4. The van der Waals surface area contributed by atoms with Gasteiger partial charge in [-0.3, -0.25) is 4.68 Å². The molecule has 0 aliphatic rings. The first-order valence-corrected chi connectivity index (χ1v) is 7.05. The Morgan fingerprint density at radius 3 is 2.86 bits per heavy atom. The van der Waals surface area contributed by atoms with Gasteiger partial charge in [-0.15, -0.1) is 0 Å². The van der Waals surface area contributed by atoms with Crippen LogP contribution in [0.25, 0.3) is 0 Å². The van der Waals surface area contributed by atoms with Crippen molar-refractivity contribution < 1.29 is 9.53 Å². The van der Waals surface area contributed by atoms with Gasteiger partial charge in [0.1, 0.15) is 5.82 Å². The van der Waals surface area contributed by atoms with Crippen LogP contribution in [0.15, 0.2) is 24.8 Å². The summed E-state index contributed by atoms with van der Waals surface area (Å²) in [6.07, 6.45) is 7.21. The molecule has 8 nitrogen and oxygen atoms in total. The minimum Gasteiger partial charge on any atom is -0.383 e. The number of methoxy groups -OCH3 is 1. The third kappa shape index (κ3) is 4.32. The highest BCUT2D eigenvalue weighted by atomic mass is 16.5. The van der Waals surface area contributed by atoms with Gasteiger partial charge in [-0.1, -0.05) is 0 Å². The summed E-state index contributed by atoms with van der Waals surface area (Å²) in [6.45, 7) is 1.87. The van der Waals surface area contributed by atoms with Gasteiger partial charge in [0.2, 0.25) is 0 Å². The Labute approximate surface area is 129 Å². The van der Waals surface area contributed by atoms with Gasteiger partial charge in [-0.05, 0) is 0 Å². The van der Waals surface area contributed by atoms with Crippen LogP contribution in [0.4, 0.5) is 4.79 Å². The van der Waals surface area contributed by atoms with Gasteiger partial charge in [-0.25, -0.2) is 9.78 Å². The molecule has 2 aromatic rings. The Morgan fingerprint density at radius 1 is 1.45 bits per heavy atom. The van der Waals surface area contributed by atoms with E-state index in [1.54, 1.807) is 29.1 Å². The van der Waals surface area contributed by atoms with Gasteiger partial charge in [-0.2, -0.15) is 5.10 Å². The first-order valence-electron chi connectivity index (χ1n) is 7.05. The van der Waals surface area contributed by atoms with E-state index in [0.717, 1.165) is 11.4 Å². The van der Waals surface area contributed by atoms with E-state index in [1.807, 2.05) is 31.1 Å². The first kappa shape index (κ1) is 16.0. The van der Waals surface area contributed by atoms with Gasteiger partial charge >= 0.3 is 6.03 Å². The second-order valence-electron chi connectivity index (χ2n) is 5.05. The van der Waals surface area contributed by atoms with Crippen molar-refractivity contribution >= 4 is 6.03 Å². The third-order valence-electron chi connectivity index (χ3n) is 3.30. The molecule has 2 aromatic heterocycles. The quantitative estimate of drug-likeness (QED) is 0.808. The summed E-state index contributed by atoms with van der Waals surface area (Å²) in [7, 11) is 5.37. The van der Waals surface area contributed by atoms with E-state index in [4.69, 9.17) is 4.74 Å². The van der Waals surface area contributed by atoms with E-state index in [-0.39, 0.29) is 6.03 Å². The number of ether oxygens (including phenoxy) is 1. The van der Waals surface area contributed by atoms with Gasteiger partial charge < -0.3 is 19.5 Å². The molecular weight excluding hydrogens is 284 g/mol. The van der Waals surface area contributed by atoms with Crippen molar-refractivity contribution in [1.82, 2.24) is 29.5 Å². The minimum absolute atomic E-state index is 0.149. The molecule has 1 N–H and O–H groups in total. The van der Waals surface area contributed by atoms with Gasteiger partial charge in [0.15, 0.2) is 0 Å². The van der Waals surface area contributed by atoms with Crippen molar-refractivity contribution in [3.63, 3.8) is 0 Å². The van der Waals surface area contributed by atoms with E-state index >= 15 is 0 Å². The highest BCUT2D eigenvalue weighted by Gasteiger charge is 2.15. The highest BCUT2D eigenvalue weighted by molar-refractivity contribution is 5.74. The summed E-state index contributed by atoms with van der Waals surface area (Å²) in [4.78, 5) is 18.2. The molecule has 0 bridgehead atoms. The summed E-state index contributed by atoms with van der Waals surface area (Å²) >= 11 is 0. The van der Waals surface area contributed by atoms with Crippen LogP contribution in [0.1, 0.15) is 11.4 Å². The van der Waals surface area contributed by atoms with Crippen LogP contribution < -0.4 is 5.32 Å². The number of carbonyl (C=O) groups excluding carboxylic acids is 1. The second-order valence-corrected chi connectivity index (χ2v) is 5.05. The smallest absolute Gasteiger partial charge is 0.318 e. The number of amides is 2. The van der Waals surface area contributed by atoms with Crippen LogP contribution in [0.5, 0.6) is 0 Å². The molecule has 0 aromatic carbocycles. The average Bonchev–Trinajstić information content (AvgIpc) is 3.09. The number of urea groups is 1. The lowest BCUT2D eigenvalue weighted by Crippen LogP contribution is -2.41. The fourth-order valence-electron chi connectivity index (χ4n) is 2.06. The van der Waals surface area contributed by atoms with Crippen molar-refractivity contribution in [2.45, 2.75) is 13.1 Å². The molecule has 0 fully saturated rings. The number of carbonyl (C=O) groups is 1. The zero-order valence-corrected chi connectivity index (χ0v) is 13.2. The number of hydrogen-bond acceptors (Lipinski definition) is 4. The third-order valence-corrected chi connectivity index (χ3v) is 3.30. The van der Waals surface area contributed by atoms with Crippen molar-refractivity contribution in [1.29, 1.82) is 0 Å². The number of aromatic nitrogens is 4. The van der Waals surface area contributed by atoms with E-state index in [9.17, 15) is 4.79 Å². The molecule has 120 valence electrons. The average molecular weight is 306 g/mol. The van der Waals surface area contributed by atoms with E-state index in [1.165, 1.54) is 0 Å². The summed E-state index contributed by atoms with van der Waals surface area (Å²) in [5, 5.41) is 7.00. The van der Waals surface area contributed by atoms with Crippen molar-refractivity contribution in [3.8, 4) is 0 Å². The van der Waals surface area contributed by atoms with Crippen LogP contribution in [-0.4, -0.2) is 50.5 Å². The van der Waals surface area contributed by atoms with Crippen LogP contribution in [0.2, 0.25) is 0 Å². The van der Waals surface area contributed by atoms with Crippen molar-refractivity contribution in [3.05, 3.63) is 36.2 Å². The molecule has 0 unspecified atom stereocenters. The number of rotatable bonds is 7. The van der Waals surface area contributed by atoms with Gasteiger partial charge in [0.25, 0.3) is 0 Å². The van der Waals surface area contributed by atoms with Crippen molar-refractivity contribution in [2.75, 3.05) is 20.3 Å². The summed E-state index contributed by atoms with van der Waals surface area (Å²) in [6, 6.07) is -0.149. The van der Waals surface area contributed by atoms with Gasteiger partial charge in [0.05, 0.1) is 25.9 Å². The molecule has 0 aliphatic heterocycles. The number of hydrogen-bond donors (Lipinski definition) is 1. The van der Waals surface area contributed by atoms with Crippen LogP contribution in [0.3, 0.4) is 0 Å². The lowest BCUT2D eigenvalue weighted by atomic mass is 10.3. The largest absolute Gasteiger partial charge is 0.383 e. The molecule has 8 heteroatoms. The summed E-state index contributed by atoms with van der Waals surface area (Å²) < 4.78 is 8.67. The Hall–Kier alpha value is -2.35. The predicted octanol–water partition coefficient (Wildman–Crippen LogP) is 0.512. The predicted molar refractivity (Wildman–Crippen MR) is 80.9 cm³/mol. The van der Waals surface area contributed by atoms with Crippen LogP contribution in [0, 0.1) is 0 Å². The Morgan fingerprint density at radius 2 is 2.27 bits per heavy atom. The molecule has 0 spiro atoms. The molecular formula is C14H22N6O2. The standard InChI is InChI=1S/C14H22N6O2/c1-18-5-4-15-13(18)9-16-14(21)20(6-7-22-3)11-12-8-17-19(2)10-12/h4-5,8,10H,6-7,9,11H2,1-3H3,(H,16,21). The zero-order valence-electron chi connectivity index (χ0n) is 13.2. The molecule has 2 rings (SSSR count). The second kappa shape index (κ2) is 7.60. The fourth-order valence-corrected chi connectivity index (χ4v) is 2.06. The molecule has 22 heavy (non-hydrogen) atoms. The molecule has 0 atom stereocenters. The van der Waals surface area contributed by atoms with E-state index in [0.29, 0.717) is 26.2 Å². The first-order chi connectivity index (χ1) is 10.6. The van der Waals surface area contributed by atoms with Crippen molar-refractivity contribution in [2.24, 2.45) is 14.1 Å². The van der Waals surface area contributed by atoms with E-state index < -0.39 is 0 Å². The lowest BCUT2D eigenvalue weighted by Gasteiger charge is -2.22. The molecule has 0 saturated carbocycles. The number of nitrogens with zero attached hydrogens (tertiary/aromatic N) is 5. The van der Waals surface area contributed by atoms with E-state index in [2.05, 4.69) is 15.4 Å². The maximum Gasteiger partial charge on any atom is 0.318 e. The molecule has 0 radical (unpaired) electrons. The van der Waals surface area contributed by atoms with Crippen LogP contribution >= 0.6 is 0 Å². The number of nitrogens with one attached hydrogen (secondary N) is 1. The lowest BCUT2D eigenvalue weighted by molar-refractivity contribution is 0.146. The normalized spacial score (nSPS) is 10.7. The number of imidazole rings is 1. The molecule has 0 saturated heterocycles. The Bertz CT molecular complexity index is 606. The number of aryl methyl sites for hydroxylation is 2. The topological polar surface area (TPSA) is 77.2 Å². The minimum atomic E-state index is -0.149. The molecule has 0 aliphatic carbocycles. The zero-order chi connectivity index (χ0) is 15.9. The fraction of sp³-hybridized carbons (Fsp3) is 0.500. The molecule has 2 amide bonds. The monoisotopic (exact) mass is 306 g/mol.